The van der Waals surface area contributed by atoms with Crippen LogP contribution in [-0.4, -0.2) is 15.0 Å². The zero-order valence-corrected chi connectivity index (χ0v) is 14.2. The van der Waals surface area contributed by atoms with E-state index in [4.69, 9.17) is 0 Å². The van der Waals surface area contributed by atoms with Gasteiger partial charge in [-0.1, -0.05) is 45.9 Å². The van der Waals surface area contributed by atoms with Crippen LogP contribution < -0.4 is 0 Å². The minimum Gasteiger partial charge on any atom is -0.265 e. The molecule has 0 aliphatic heterocycles. The van der Waals surface area contributed by atoms with E-state index in [2.05, 4.69) is 73.0 Å². The third-order valence-corrected chi connectivity index (χ3v) is 4.26. The zero-order valence-electron chi connectivity index (χ0n) is 14.2. The van der Waals surface area contributed by atoms with Gasteiger partial charge in [-0.25, -0.2) is 9.97 Å². The fraction of sp³-hybridized carbons (Fsp3) is 0.350. The lowest BCUT2D eigenvalue weighted by Gasteiger charge is -2.20. The monoisotopic (exact) mass is 305 g/mol. The summed E-state index contributed by atoms with van der Waals surface area (Å²) >= 11 is 0. The van der Waals surface area contributed by atoms with Gasteiger partial charge >= 0.3 is 0 Å². The molecule has 3 nitrogen and oxygen atoms in total. The van der Waals surface area contributed by atoms with Gasteiger partial charge in [0.05, 0.1) is 11.2 Å². The van der Waals surface area contributed by atoms with E-state index in [-0.39, 0.29) is 5.41 Å². The van der Waals surface area contributed by atoms with Crippen molar-refractivity contribution in [2.24, 2.45) is 0 Å². The number of nitrogens with zero attached hydrogens (tertiary/aromatic N) is 3. The Morgan fingerprint density at radius 3 is 2.43 bits per heavy atom. The van der Waals surface area contributed by atoms with Crippen molar-refractivity contribution < 1.29 is 0 Å². The molecule has 23 heavy (non-hydrogen) atoms. The summed E-state index contributed by atoms with van der Waals surface area (Å²) in [4.78, 5) is 13.2. The molecule has 1 aromatic carbocycles. The molecule has 0 amide bonds. The number of hydrogen-bond acceptors (Lipinski definition) is 3. The number of aromatic nitrogens is 3. The maximum Gasteiger partial charge on any atom is 0.116 e. The molecule has 2 aromatic heterocycles. The standard InChI is InChI=1S/C20H23N3/c1-14(15-8-10-21-11-9-15)12-16-6-5-7-17-18(16)22-13-23-19(17)20(2,3)4/h5-11,13-14H,12H2,1-4H3. The van der Waals surface area contributed by atoms with E-state index in [1.165, 1.54) is 16.5 Å². The molecule has 3 aromatic rings. The van der Waals surface area contributed by atoms with Crippen LogP contribution in [0.5, 0.6) is 0 Å². The normalized spacial score (nSPS) is 13.2. The van der Waals surface area contributed by atoms with Crippen molar-refractivity contribution in [1.82, 2.24) is 15.0 Å². The molecule has 0 aliphatic carbocycles. The van der Waals surface area contributed by atoms with Gasteiger partial charge in [-0.3, -0.25) is 4.98 Å². The van der Waals surface area contributed by atoms with E-state index >= 15 is 0 Å². The van der Waals surface area contributed by atoms with Crippen molar-refractivity contribution in [3.05, 3.63) is 65.9 Å². The Morgan fingerprint density at radius 1 is 1.00 bits per heavy atom. The summed E-state index contributed by atoms with van der Waals surface area (Å²) < 4.78 is 0. The summed E-state index contributed by atoms with van der Waals surface area (Å²) in [5.74, 6) is 0.427. The molecule has 1 unspecified atom stereocenters. The minimum absolute atomic E-state index is 0.0104. The molecule has 3 rings (SSSR count). The number of rotatable bonds is 3. The van der Waals surface area contributed by atoms with Crippen molar-refractivity contribution in [3.63, 3.8) is 0 Å². The van der Waals surface area contributed by atoms with Crippen LogP contribution in [-0.2, 0) is 11.8 Å². The average molecular weight is 305 g/mol. The molecule has 0 radical (unpaired) electrons. The molecule has 0 saturated heterocycles. The summed E-state index contributed by atoms with van der Waals surface area (Å²) in [5, 5.41) is 1.17. The fourth-order valence-electron chi connectivity index (χ4n) is 3.05. The third kappa shape index (κ3) is 3.24. The van der Waals surface area contributed by atoms with E-state index < -0.39 is 0 Å². The van der Waals surface area contributed by atoms with Crippen molar-refractivity contribution in [3.8, 4) is 0 Å². The predicted octanol–water partition coefficient (Wildman–Crippen LogP) is 4.67. The van der Waals surface area contributed by atoms with Crippen LogP contribution in [0.4, 0.5) is 0 Å². The quantitative estimate of drug-likeness (QED) is 0.706. The predicted molar refractivity (Wildman–Crippen MR) is 94.6 cm³/mol. The van der Waals surface area contributed by atoms with Crippen molar-refractivity contribution in [1.29, 1.82) is 0 Å². The highest BCUT2D eigenvalue weighted by Gasteiger charge is 2.20. The number of pyridine rings is 1. The molecule has 1 atom stereocenters. The summed E-state index contributed by atoms with van der Waals surface area (Å²) in [5.41, 5.74) is 4.78. The zero-order chi connectivity index (χ0) is 16.4. The Labute approximate surface area is 137 Å². The summed E-state index contributed by atoms with van der Waals surface area (Å²) in [6.07, 6.45) is 6.37. The van der Waals surface area contributed by atoms with Crippen molar-refractivity contribution in [2.45, 2.75) is 45.4 Å². The lowest BCUT2D eigenvalue weighted by atomic mass is 9.87. The minimum atomic E-state index is 0.0104. The summed E-state index contributed by atoms with van der Waals surface area (Å²) in [6.45, 7) is 8.84. The van der Waals surface area contributed by atoms with Gasteiger partial charge in [0, 0.05) is 23.2 Å². The second-order valence-electron chi connectivity index (χ2n) is 7.17. The largest absolute Gasteiger partial charge is 0.265 e. The Hall–Kier alpha value is -2.29. The first-order chi connectivity index (χ1) is 11.0. The van der Waals surface area contributed by atoms with Crippen LogP contribution >= 0.6 is 0 Å². The first kappa shape index (κ1) is 15.6. The fourth-order valence-corrected chi connectivity index (χ4v) is 3.05. The first-order valence-corrected chi connectivity index (χ1v) is 8.10. The highest BCUT2D eigenvalue weighted by atomic mass is 14.8. The summed E-state index contributed by atoms with van der Waals surface area (Å²) in [6, 6.07) is 10.6. The van der Waals surface area contributed by atoms with Gasteiger partial charge < -0.3 is 0 Å². The second kappa shape index (κ2) is 6.07. The van der Waals surface area contributed by atoms with Crippen LogP contribution in [0.25, 0.3) is 10.9 Å². The van der Waals surface area contributed by atoms with Crippen LogP contribution in [0.3, 0.4) is 0 Å². The highest BCUT2D eigenvalue weighted by Crippen LogP contribution is 2.30. The Kier molecular flexibility index (Phi) is 4.12. The van der Waals surface area contributed by atoms with Crippen LogP contribution in [0.2, 0.25) is 0 Å². The molecule has 0 bridgehead atoms. The number of fused-ring (bicyclic) bond motifs is 1. The van der Waals surface area contributed by atoms with Gasteiger partial charge in [0.1, 0.15) is 6.33 Å². The van der Waals surface area contributed by atoms with E-state index in [1.807, 2.05) is 12.4 Å². The second-order valence-corrected chi connectivity index (χ2v) is 7.17. The molecule has 2 heterocycles. The Balaban J connectivity index is 2.02. The molecular formula is C20H23N3. The van der Waals surface area contributed by atoms with Gasteiger partial charge in [0.15, 0.2) is 0 Å². The maximum absolute atomic E-state index is 4.58. The molecule has 0 spiro atoms. The van der Waals surface area contributed by atoms with E-state index in [0.29, 0.717) is 5.92 Å². The number of para-hydroxylation sites is 1. The first-order valence-electron chi connectivity index (χ1n) is 8.10. The molecule has 118 valence electrons. The SMILES string of the molecule is CC(Cc1cccc2c(C(C)(C)C)ncnc12)c1ccncc1. The van der Waals surface area contributed by atoms with Crippen LogP contribution in [0, 0.1) is 0 Å². The average Bonchev–Trinajstić information content (AvgIpc) is 2.54. The van der Waals surface area contributed by atoms with Gasteiger partial charge in [0.25, 0.3) is 0 Å². The molecule has 0 saturated carbocycles. The number of hydrogen-bond donors (Lipinski definition) is 0. The van der Waals surface area contributed by atoms with E-state index in [9.17, 15) is 0 Å². The van der Waals surface area contributed by atoms with E-state index in [1.54, 1.807) is 6.33 Å². The molecule has 0 N–H and O–H groups in total. The lowest BCUT2D eigenvalue weighted by molar-refractivity contribution is 0.574. The highest BCUT2D eigenvalue weighted by molar-refractivity contribution is 5.84. The Morgan fingerprint density at radius 2 is 1.74 bits per heavy atom. The topological polar surface area (TPSA) is 38.7 Å². The molecule has 3 heteroatoms. The van der Waals surface area contributed by atoms with Crippen LogP contribution in [0.1, 0.15) is 50.4 Å². The molecule has 0 aliphatic rings. The van der Waals surface area contributed by atoms with Crippen molar-refractivity contribution in [2.75, 3.05) is 0 Å². The van der Waals surface area contributed by atoms with Gasteiger partial charge in [-0.05, 0) is 35.6 Å². The molecule has 0 fully saturated rings. The molecular weight excluding hydrogens is 282 g/mol. The van der Waals surface area contributed by atoms with Gasteiger partial charge in [-0.15, -0.1) is 0 Å². The third-order valence-electron chi connectivity index (χ3n) is 4.26. The lowest BCUT2D eigenvalue weighted by Crippen LogP contribution is -2.14. The van der Waals surface area contributed by atoms with Crippen LogP contribution in [0.15, 0.2) is 49.1 Å². The van der Waals surface area contributed by atoms with Crippen molar-refractivity contribution >= 4 is 10.9 Å². The smallest absolute Gasteiger partial charge is 0.116 e. The maximum atomic E-state index is 4.58. The Bertz CT molecular complexity index is 804. The number of benzene rings is 1. The van der Waals surface area contributed by atoms with Gasteiger partial charge in [-0.2, -0.15) is 0 Å². The summed E-state index contributed by atoms with van der Waals surface area (Å²) in [7, 11) is 0. The van der Waals surface area contributed by atoms with E-state index in [0.717, 1.165) is 17.6 Å². The van der Waals surface area contributed by atoms with Gasteiger partial charge in [0.2, 0.25) is 0 Å².